The number of hydrogen-bond donors (Lipinski definition) is 4. The summed E-state index contributed by atoms with van der Waals surface area (Å²) < 4.78 is 1.73. The zero-order valence-electron chi connectivity index (χ0n) is 22.1. The minimum Gasteiger partial charge on any atom is -0.393 e. The average Bonchev–Trinajstić information content (AvgIpc) is 3.65. The molecule has 5 rings (SSSR count). The summed E-state index contributed by atoms with van der Waals surface area (Å²) in [4.78, 5) is 15.7. The van der Waals surface area contributed by atoms with Gasteiger partial charge in [0.2, 0.25) is 0 Å². The first-order valence-corrected chi connectivity index (χ1v) is 13.9. The second-order valence-electron chi connectivity index (χ2n) is 10.2. The molecule has 38 heavy (non-hydrogen) atoms. The van der Waals surface area contributed by atoms with Crippen molar-refractivity contribution in [1.82, 2.24) is 20.4 Å². The Morgan fingerprint density at radius 1 is 1.16 bits per heavy atom. The van der Waals surface area contributed by atoms with Crippen molar-refractivity contribution in [3.05, 3.63) is 88.6 Å². The third-order valence-corrected chi connectivity index (χ3v) is 8.26. The number of benzene rings is 2. The normalized spacial score (nSPS) is 17.9. The number of rotatable bonds is 9. The first-order valence-electron chi connectivity index (χ1n) is 13.1. The van der Waals surface area contributed by atoms with Crippen LogP contribution in [0.2, 0.25) is 0 Å². The lowest BCUT2D eigenvalue weighted by molar-refractivity contribution is 0.0939. The molecule has 2 heterocycles. The number of aromatic nitrogens is 2. The summed E-state index contributed by atoms with van der Waals surface area (Å²) in [6.45, 7) is 4.79. The van der Waals surface area contributed by atoms with E-state index in [0.29, 0.717) is 11.6 Å². The standard InChI is InChI=1S/C30H35N5O2S/c1-19-7-8-24(34-25-16-32-35(3)18-25)15-28(19)30(37)33-20(2)21-5-4-6-22(13-21)29-12-11-27(38-29)17-31-23-9-10-26(36)14-23/h4-8,11-13,15-16,18,20,23,26,31,34,36H,9-10,14,17H2,1-3H3,(H,33,37)/t20-,23+,26-/m1/s1. The summed E-state index contributed by atoms with van der Waals surface area (Å²) in [6, 6.07) is 18.8. The third kappa shape index (κ3) is 6.32. The molecule has 1 amide bonds. The van der Waals surface area contributed by atoms with Crippen molar-refractivity contribution >= 4 is 28.6 Å². The van der Waals surface area contributed by atoms with Crippen LogP contribution in [0.5, 0.6) is 0 Å². The molecule has 1 saturated carbocycles. The molecule has 0 radical (unpaired) electrons. The molecule has 198 valence electrons. The van der Waals surface area contributed by atoms with Gasteiger partial charge >= 0.3 is 0 Å². The van der Waals surface area contributed by atoms with Crippen LogP contribution in [-0.4, -0.2) is 32.9 Å². The predicted octanol–water partition coefficient (Wildman–Crippen LogP) is 5.69. The molecule has 2 aromatic carbocycles. The SMILES string of the molecule is Cc1ccc(Nc2cnn(C)c2)cc1C(=O)N[C@H](C)c1cccc(-c2ccc(CN[C@H]3CC[C@@H](O)C3)s2)c1. The fourth-order valence-electron chi connectivity index (χ4n) is 4.93. The molecule has 2 aromatic heterocycles. The molecule has 1 fully saturated rings. The Balaban J connectivity index is 1.23. The van der Waals surface area contributed by atoms with Gasteiger partial charge in [-0.3, -0.25) is 9.48 Å². The minimum atomic E-state index is -0.159. The predicted molar refractivity (Wildman–Crippen MR) is 154 cm³/mol. The van der Waals surface area contributed by atoms with Gasteiger partial charge < -0.3 is 21.1 Å². The maximum Gasteiger partial charge on any atom is 0.252 e. The van der Waals surface area contributed by atoms with Gasteiger partial charge in [0, 0.05) is 46.8 Å². The molecule has 3 atom stereocenters. The Kier molecular flexibility index (Phi) is 7.93. The van der Waals surface area contributed by atoms with E-state index in [2.05, 4.69) is 57.4 Å². The summed E-state index contributed by atoms with van der Waals surface area (Å²) in [7, 11) is 1.87. The lowest BCUT2D eigenvalue weighted by atomic mass is 10.0. The summed E-state index contributed by atoms with van der Waals surface area (Å²) in [5, 5.41) is 24.0. The molecule has 0 saturated heterocycles. The van der Waals surface area contributed by atoms with E-state index in [1.807, 2.05) is 45.3 Å². The molecule has 4 N–H and O–H groups in total. The van der Waals surface area contributed by atoms with Crippen molar-refractivity contribution in [2.75, 3.05) is 5.32 Å². The van der Waals surface area contributed by atoms with Crippen LogP contribution in [0.4, 0.5) is 11.4 Å². The van der Waals surface area contributed by atoms with E-state index < -0.39 is 0 Å². The lowest BCUT2D eigenvalue weighted by Gasteiger charge is -2.17. The highest BCUT2D eigenvalue weighted by molar-refractivity contribution is 7.15. The van der Waals surface area contributed by atoms with Gasteiger partial charge in [-0.2, -0.15) is 5.10 Å². The van der Waals surface area contributed by atoms with Crippen molar-refractivity contribution in [2.45, 2.75) is 57.8 Å². The quantitative estimate of drug-likeness (QED) is 0.223. The van der Waals surface area contributed by atoms with Gasteiger partial charge in [-0.05, 0) is 80.1 Å². The van der Waals surface area contributed by atoms with E-state index in [-0.39, 0.29) is 18.1 Å². The molecular weight excluding hydrogens is 494 g/mol. The van der Waals surface area contributed by atoms with Crippen molar-refractivity contribution in [3.63, 3.8) is 0 Å². The fraction of sp³-hybridized carbons (Fsp3) is 0.333. The molecule has 0 aliphatic heterocycles. The van der Waals surface area contributed by atoms with E-state index >= 15 is 0 Å². The molecule has 7 nitrogen and oxygen atoms in total. The number of nitrogens with zero attached hydrogens (tertiary/aromatic N) is 2. The van der Waals surface area contributed by atoms with Crippen molar-refractivity contribution < 1.29 is 9.90 Å². The number of carbonyl (C=O) groups is 1. The van der Waals surface area contributed by atoms with Gasteiger partial charge in [0.25, 0.3) is 5.91 Å². The van der Waals surface area contributed by atoms with E-state index in [1.165, 1.54) is 9.75 Å². The Morgan fingerprint density at radius 3 is 2.79 bits per heavy atom. The van der Waals surface area contributed by atoms with Crippen LogP contribution in [0.3, 0.4) is 0 Å². The molecule has 1 aliphatic rings. The Hall–Kier alpha value is -3.46. The number of thiophene rings is 1. The third-order valence-electron chi connectivity index (χ3n) is 7.13. The van der Waals surface area contributed by atoms with Crippen molar-refractivity contribution in [1.29, 1.82) is 0 Å². The maximum absolute atomic E-state index is 13.2. The summed E-state index contributed by atoms with van der Waals surface area (Å²) in [5.41, 5.74) is 5.49. The largest absolute Gasteiger partial charge is 0.393 e. The van der Waals surface area contributed by atoms with Crippen LogP contribution in [0.1, 0.15) is 58.6 Å². The lowest BCUT2D eigenvalue weighted by Crippen LogP contribution is -2.27. The number of anilines is 2. The number of aliphatic hydroxyl groups is 1. The highest BCUT2D eigenvalue weighted by Crippen LogP contribution is 2.31. The number of hydrogen-bond acceptors (Lipinski definition) is 6. The Morgan fingerprint density at radius 2 is 2.03 bits per heavy atom. The number of carbonyl (C=O) groups excluding carboxylic acids is 1. The highest BCUT2D eigenvalue weighted by Gasteiger charge is 2.22. The molecule has 8 heteroatoms. The van der Waals surface area contributed by atoms with Crippen LogP contribution >= 0.6 is 11.3 Å². The van der Waals surface area contributed by atoms with Gasteiger partial charge in [-0.1, -0.05) is 24.3 Å². The first kappa shape index (κ1) is 26.2. The van der Waals surface area contributed by atoms with Crippen LogP contribution in [-0.2, 0) is 13.6 Å². The number of nitrogens with one attached hydrogen (secondary N) is 3. The summed E-state index contributed by atoms with van der Waals surface area (Å²) >= 11 is 1.78. The first-order chi connectivity index (χ1) is 18.3. The Labute approximate surface area is 227 Å². The molecule has 1 aliphatic carbocycles. The van der Waals surface area contributed by atoms with E-state index in [0.717, 1.165) is 53.9 Å². The summed E-state index contributed by atoms with van der Waals surface area (Å²) in [5.74, 6) is -0.100. The maximum atomic E-state index is 13.2. The Bertz CT molecular complexity index is 1410. The molecule has 0 bridgehead atoms. The number of amides is 1. The zero-order valence-corrected chi connectivity index (χ0v) is 22.9. The van der Waals surface area contributed by atoms with Gasteiger partial charge in [-0.25, -0.2) is 0 Å². The molecule has 4 aromatic rings. The van der Waals surface area contributed by atoms with Gasteiger partial charge in [-0.15, -0.1) is 11.3 Å². The second kappa shape index (κ2) is 11.5. The molecule has 0 spiro atoms. The van der Waals surface area contributed by atoms with Crippen LogP contribution in [0, 0.1) is 6.92 Å². The summed E-state index contributed by atoms with van der Waals surface area (Å²) in [6.07, 6.45) is 6.26. The van der Waals surface area contributed by atoms with Gasteiger partial charge in [0.15, 0.2) is 0 Å². The van der Waals surface area contributed by atoms with E-state index in [4.69, 9.17) is 0 Å². The van der Waals surface area contributed by atoms with Gasteiger partial charge in [0.1, 0.15) is 0 Å². The van der Waals surface area contributed by atoms with E-state index in [1.54, 1.807) is 22.2 Å². The van der Waals surface area contributed by atoms with Crippen molar-refractivity contribution in [2.24, 2.45) is 7.05 Å². The monoisotopic (exact) mass is 529 g/mol. The van der Waals surface area contributed by atoms with Crippen molar-refractivity contribution in [3.8, 4) is 10.4 Å². The van der Waals surface area contributed by atoms with E-state index in [9.17, 15) is 9.90 Å². The van der Waals surface area contributed by atoms with Gasteiger partial charge in [0.05, 0.1) is 24.0 Å². The smallest absolute Gasteiger partial charge is 0.252 e. The molecule has 0 unspecified atom stereocenters. The average molecular weight is 530 g/mol. The highest BCUT2D eigenvalue weighted by atomic mass is 32.1. The number of aliphatic hydroxyl groups excluding tert-OH is 1. The minimum absolute atomic E-state index is 0.100. The number of aryl methyl sites for hydroxylation is 2. The van der Waals surface area contributed by atoms with Crippen LogP contribution in [0.15, 0.2) is 67.0 Å². The second-order valence-corrected chi connectivity index (χ2v) is 11.4. The van der Waals surface area contributed by atoms with Crippen LogP contribution in [0.25, 0.3) is 10.4 Å². The topological polar surface area (TPSA) is 91.2 Å². The zero-order chi connectivity index (χ0) is 26.6. The molecular formula is C30H35N5O2S. The fourth-order valence-corrected chi connectivity index (χ4v) is 5.89. The van der Waals surface area contributed by atoms with Crippen LogP contribution < -0.4 is 16.0 Å².